The van der Waals surface area contributed by atoms with Crippen molar-refractivity contribution in [1.29, 1.82) is 0 Å². The third-order valence-electron chi connectivity index (χ3n) is 3.36. The van der Waals surface area contributed by atoms with Crippen LogP contribution in [0.1, 0.15) is 27.9 Å². The van der Waals surface area contributed by atoms with Gasteiger partial charge in [-0.2, -0.15) is 0 Å². The van der Waals surface area contributed by atoms with Gasteiger partial charge in [0.05, 0.1) is 0 Å². The van der Waals surface area contributed by atoms with Crippen molar-refractivity contribution in [2.45, 2.75) is 12.8 Å². The zero-order chi connectivity index (χ0) is 13.1. The van der Waals surface area contributed by atoms with Crippen LogP contribution < -0.4 is 5.32 Å². The number of rotatable bonds is 2. The standard InChI is InChI=1S/C17H15NO/c19-17(14-7-2-1-3-8-14)18-16-11-10-13-6-4-5-9-15(13)12-16/h1-9,12H,10-11H2,(H,18,19). The highest BCUT2D eigenvalue weighted by Gasteiger charge is 2.12. The molecule has 0 saturated heterocycles. The molecular weight excluding hydrogens is 234 g/mol. The summed E-state index contributed by atoms with van der Waals surface area (Å²) < 4.78 is 0. The molecule has 2 aromatic carbocycles. The van der Waals surface area contributed by atoms with Gasteiger partial charge < -0.3 is 5.32 Å². The van der Waals surface area contributed by atoms with E-state index in [1.807, 2.05) is 36.4 Å². The Bertz CT molecular complexity index is 629. The van der Waals surface area contributed by atoms with Crippen LogP contribution in [0.4, 0.5) is 0 Å². The summed E-state index contributed by atoms with van der Waals surface area (Å²) in [5.41, 5.74) is 4.24. The first kappa shape index (κ1) is 11.7. The van der Waals surface area contributed by atoms with Crippen molar-refractivity contribution in [3.8, 4) is 0 Å². The summed E-state index contributed by atoms with van der Waals surface area (Å²) in [5, 5.41) is 3.00. The fourth-order valence-corrected chi connectivity index (χ4v) is 2.34. The minimum atomic E-state index is -0.0359. The van der Waals surface area contributed by atoms with Gasteiger partial charge in [0.25, 0.3) is 5.91 Å². The summed E-state index contributed by atoms with van der Waals surface area (Å²) in [6.07, 6.45) is 3.94. The molecule has 1 N–H and O–H groups in total. The number of carbonyl (C=O) groups is 1. The lowest BCUT2D eigenvalue weighted by molar-refractivity contribution is 0.0965. The van der Waals surface area contributed by atoms with Gasteiger partial charge in [-0.05, 0) is 42.2 Å². The molecule has 0 aliphatic heterocycles. The normalized spacial score (nSPS) is 13.4. The molecule has 2 nitrogen and oxygen atoms in total. The van der Waals surface area contributed by atoms with Crippen molar-refractivity contribution in [3.05, 3.63) is 77.0 Å². The number of carbonyl (C=O) groups excluding carboxylic acids is 1. The average molecular weight is 249 g/mol. The molecule has 0 spiro atoms. The number of amides is 1. The predicted molar refractivity (Wildman–Crippen MR) is 76.6 cm³/mol. The molecule has 0 bridgehead atoms. The Balaban J connectivity index is 1.79. The van der Waals surface area contributed by atoms with Crippen molar-refractivity contribution >= 4 is 12.0 Å². The van der Waals surface area contributed by atoms with Gasteiger partial charge in [-0.1, -0.05) is 42.5 Å². The second-order valence-electron chi connectivity index (χ2n) is 4.69. The Hall–Kier alpha value is -2.35. The topological polar surface area (TPSA) is 29.1 Å². The molecule has 2 aromatic rings. The molecule has 3 rings (SSSR count). The van der Waals surface area contributed by atoms with Gasteiger partial charge in [0.15, 0.2) is 0 Å². The second-order valence-corrected chi connectivity index (χ2v) is 4.69. The van der Waals surface area contributed by atoms with Crippen molar-refractivity contribution < 1.29 is 4.79 Å². The van der Waals surface area contributed by atoms with Crippen molar-refractivity contribution in [1.82, 2.24) is 5.32 Å². The largest absolute Gasteiger partial charge is 0.326 e. The number of hydrogen-bond donors (Lipinski definition) is 1. The fraction of sp³-hybridized carbons (Fsp3) is 0.118. The van der Waals surface area contributed by atoms with Crippen LogP contribution in [0, 0.1) is 0 Å². The highest BCUT2D eigenvalue weighted by Crippen LogP contribution is 2.22. The maximum Gasteiger partial charge on any atom is 0.255 e. The lowest BCUT2D eigenvalue weighted by Crippen LogP contribution is -2.24. The van der Waals surface area contributed by atoms with Crippen LogP contribution in [0.25, 0.3) is 6.08 Å². The van der Waals surface area contributed by atoms with Gasteiger partial charge in [0.2, 0.25) is 0 Å². The molecular formula is C17H15NO. The molecule has 0 aromatic heterocycles. The van der Waals surface area contributed by atoms with Gasteiger partial charge in [-0.3, -0.25) is 4.79 Å². The van der Waals surface area contributed by atoms with E-state index in [0.29, 0.717) is 5.56 Å². The van der Waals surface area contributed by atoms with Crippen molar-refractivity contribution in [2.75, 3.05) is 0 Å². The number of allylic oxidation sites excluding steroid dienone is 1. The molecule has 1 amide bonds. The monoisotopic (exact) mass is 249 g/mol. The maximum atomic E-state index is 12.1. The van der Waals surface area contributed by atoms with Crippen LogP contribution in [-0.4, -0.2) is 5.91 Å². The average Bonchev–Trinajstić information content (AvgIpc) is 2.48. The van der Waals surface area contributed by atoms with Gasteiger partial charge in [0, 0.05) is 11.3 Å². The molecule has 0 radical (unpaired) electrons. The Kier molecular flexibility index (Phi) is 3.15. The molecule has 0 atom stereocenters. The van der Waals surface area contributed by atoms with Crippen LogP contribution in [0.15, 0.2) is 60.3 Å². The number of benzene rings is 2. The SMILES string of the molecule is O=C(NC1=Cc2ccccc2CC1)c1ccccc1. The number of nitrogens with one attached hydrogen (secondary N) is 1. The molecule has 2 heteroatoms. The molecule has 19 heavy (non-hydrogen) atoms. The third kappa shape index (κ3) is 2.58. The highest BCUT2D eigenvalue weighted by molar-refractivity contribution is 5.95. The molecule has 94 valence electrons. The summed E-state index contributed by atoms with van der Waals surface area (Å²) in [6, 6.07) is 17.6. The van der Waals surface area contributed by atoms with Crippen molar-refractivity contribution in [3.63, 3.8) is 0 Å². The minimum absolute atomic E-state index is 0.0359. The maximum absolute atomic E-state index is 12.1. The Morgan fingerprint density at radius 1 is 0.895 bits per heavy atom. The van der Waals surface area contributed by atoms with E-state index in [1.54, 1.807) is 0 Å². The molecule has 0 fully saturated rings. The van der Waals surface area contributed by atoms with E-state index < -0.39 is 0 Å². The van der Waals surface area contributed by atoms with E-state index in [9.17, 15) is 4.79 Å². The van der Waals surface area contributed by atoms with Crippen LogP contribution in [-0.2, 0) is 6.42 Å². The Morgan fingerprint density at radius 3 is 2.47 bits per heavy atom. The zero-order valence-corrected chi connectivity index (χ0v) is 10.6. The van der Waals surface area contributed by atoms with Gasteiger partial charge in [-0.25, -0.2) is 0 Å². The predicted octanol–water partition coefficient (Wildman–Crippen LogP) is 3.40. The van der Waals surface area contributed by atoms with Gasteiger partial charge in [-0.15, -0.1) is 0 Å². The van der Waals surface area contributed by atoms with E-state index in [2.05, 4.69) is 29.6 Å². The van der Waals surface area contributed by atoms with Gasteiger partial charge >= 0.3 is 0 Å². The minimum Gasteiger partial charge on any atom is -0.326 e. The smallest absolute Gasteiger partial charge is 0.255 e. The van der Waals surface area contributed by atoms with Gasteiger partial charge in [0.1, 0.15) is 0 Å². The first-order valence-corrected chi connectivity index (χ1v) is 6.48. The summed E-state index contributed by atoms with van der Waals surface area (Å²) in [4.78, 5) is 12.1. The van der Waals surface area contributed by atoms with E-state index in [-0.39, 0.29) is 5.91 Å². The first-order chi connectivity index (χ1) is 9.33. The van der Waals surface area contributed by atoms with Crippen molar-refractivity contribution in [2.24, 2.45) is 0 Å². The molecule has 0 saturated carbocycles. The lowest BCUT2D eigenvalue weighted by atomic mass is 9.95. The number of hydrogen-bond acceptors (Lipinski definition) is 1. The van der Waals surface area contributed by atoms with E-state index in [0.717, 1.165) is 18.5 Å². The Labute approximate surface area is 112 Å². The van der Waals surface area contributed by atoms with Crippen LogP contribution >= 0.6 is 0 Å². The van der Waals surface area contributed by atoms with Crippen LogP contribution in [0.5, 0.6) is 0 Å². The summed E-state index contributed by atoms with van der Waals surface area (Å²) in [5.74, 6) is -0.0359. The highest BCUT2D eigenvalue weighted by atomic mass is 16.1. The van der Waals surface area contributed by atoms with E-state index in [4.69, 9.17) is 0 Å². The van der Waals surface area contributed by atoms with Crippen LogP contribution in [0.2, 0.25) is 0 Å². The number of aryl methyl sites for hydroxylation is 1. The summed E-state index contributed by atoms with van der Waals surface area (Å²) >= 11 is 0. The third-order valence-corrected chi connectivity index (χ3v) is 3.36. The Morgan fingerprint density at radius 2 is 1.63 bits per heavy atom. The summed E-state index contributed by atoms with van der Waals surface area (Å²) in [6.45, 7) is 0. The number of fused-ring (bicyclic) bond motifs is 1. The zero-order valence-electron chi connectivity index (χ0n) is 10.6. The van der Waals surface area contributed by atoms with Crippen LogP contribution in [0.3, 0.4) is 0 Å². The lowest BCUT2D eigenvalue weighted by Gasteiger charge is -2.17. The van der Waals surface area contributed by atoms with E-state index >= 15 is 0 Å². The first-order valence-electron chi connectivity index (χ1n) is 6.48. The fourth-order valence-electron chi connectivity index (χ4n) is 2.34. The molecule has 0 heterocycles. The molecule has 1 aliphatic carbocycles. The summed E-state index contributed by atoms with van der Waals surface area (Å²) in [7, 11) is 0. The van der Waals surface area contributed by atoms with E-state index in [1.165, 1.54) is 11.1 Å². The molecule has 0 unspecified atom stereocenters. The molecule has 1 aliphatic rings. The second kappa shape index (κ2) is 5.11. The quantitative estimate of drug-likeness (QED) is 0.868.